The van der Waals surface area contributed by atoms with E-state index in [2.05, 4.69) is 19.9 Å². The molecule has 3 saturated carbocycles. The molecule has 3 unspecified atom stereocenters. The van der Waals surface area contributed by atoms with Crippen molar-refractivity contribution < 1.29 is 22.4 Å². The van der Waals surface area contributed by atoms with E-state index < -0.39 is 22.3 Å². The van der Waals surface area contributed by atoms with Crippen molar-refractivity contribution in [3.8, 4) is 0 Å². The fraction of sp³-hybridized carbons (Fsp3) is 0.704. The van der Waals surface area contributed by atoms with Crippen LogP contribution in [0.3, 0.4) is 0 Å². The fourth-order valence-electron chi connectivity index (χ4n) is 7.87. The maximum Gasteiger partial charge on any atom is 0.297 e. The topological polar surface area (TPSA) is 72.8 Å². The number of ether oxygens (including phenoxy) is 1. The van der Waals surface area contributed by atoms with Crippen LogP contribution in [-0.4, -0.2) is 38.9 Å². The second-order valence-corrected chi connectivity index (χ2v) is 13.1. The maximum atomic E-state index is 13.1. The van der Waals surface area contributed by atoms with Gasteiger partial charge in [0.15, 0.2) is 0 Å². The van der Waals surface area contributed by atoms with Crippen molar-refractivity contribution in [2.24, 2.45) is 28.6 Å². The van der Waals surface area contributed by atoms with Gasteiger partial charge in [0, 0.05) is 12.5 Å². The highest BCUT2D eigenvalue weighted by molar-refractivity contribution is 7.86. The molecule has 33 heavy (non-hydrogen) atoms. The summed E-state index contributed by atoms with van der Waals surface area (Å²) in [5, 5.41) is 11.1. The molecule has 5 rings (SSSR count). The van der Waals surface area contributed by atoms with E-state index in [-0.39, 0.29) is 21.6 Å². The average Bonchev–Trinajstić information content (AvgIpc) is 3.03. The van der Waals surface area contributed by atoms with Crippen LogP contribution in [0.15, 0.2) is 40.8 Å². The number of methoxy groups -OCH3 is 1. The van der Waals surface area contributed by atoms with Crippen LogP contribution in [0.2, 0.25) is 0 Å². The van der Waals surface area contributed by atoms with E-state index in [0.717, 1.165) is 44.1 Å². The molecular weight excluding hydrogens is 436 g/mol. The molecule has 1 aromatic carbocycles. The first-order valence-electron chi connectivity index (χ1n) is 12.5. The van der Waals surface area contributed by atoms with E-state index in [1.165, 1.54) is 0 Å². The van der Waals surface area contributed by atoms with Gasteiger partial charge in [-0.1, -0.05) is 43.2 Å². The van der Waals surface area contributed by atoms with Crippen molar-refractivity contribution in [2.45, 2.75) is 88.9 Å². The van der Waals surface area contributed by atoms with E-state index in [4.69, 9.17) is 8.92 Å². The predicted octanol–water partition coefficient (Wildman–Crippen LogP) is 5.02. The van der Waals surface area contributed by atoms with Crippen molar-refractivity contribution in [3.63, 3.8) is 0 Å². The van der Waals surface area contributed by atoms with Crippen molar-refractivity contribution in [2.75, 3.05) is 7.11 Å². The Bertz CT molecular complexity index is 1030. The van der Waals surface area contributed by atoms with Gasteiger partial charge in [0.25, 0.3) is 10.1 Å². The summed E-state index contributed by atoms with van der Waals surface area (Å²) in [5.41, 5.74) is 2.40. The zero-order valence-electron chi connectivity index (χ0n) is 20.3. The molecule has 1 aromatic rings. The molecule has 5 nitrogen and oxygen atoms in total. The zero-order chi connectivity index (χ0) is 23.6. The Kier molecular flexibility index (Phi) is 5.83. The Balaban J connectivity index is 1.41. The van der Waals surface area contributed by atoms with Crippen LogP contribution in [-0.2, 0) is 19.0 Å². The third-order valence-electron chi connectivity index (χ3n) is 9.86. The van der Waals surface area contributed by atoms with Crippen LogP contribution in [0.4, 0.5) is 0 Å². The van der Waals surface area contributed by atoms with Gasteiger partial charge < -0.3 is 9.84 Å². The lowest BCUT2D eigenvalue weighted by Gasteiger charge is -2.57. The quantitative estimate of drug-likeness (QED) is 0.490. The van der Waals surface area contributed by atoms with Gasteiger partial charge in [-0.05, 0) is 87.2 Å². The van der Waals surface area contributed by atoms with Crippen LogP contribution in [0.25, 0.3) is 0 Å². The molecule has 6 heteroatoms. The highest BCUT2D eigenvalue weighted by Crippen LogP contribution is 2.65. The molecule has 0 aromatic heterocycles. The predicted molar refractivity (Wildman–Crippen MR) is 127 cm³/mol. The first-order valence-corrected chi connectivity index (χ1v) is 13.9. The zero-order valence-corrected chi connectivity index (χ0v) is 21.1. The van der Waals surface area contributed by atoms with Crippen LogP contribution >= 0.6 is 0 Å². The summed E-state index contributed by atoms with van der Waals surface area (Å²) >= 11 is 0. The molecule has 4 aliphatic rings. The minimum Gasteiger partial charge on any atom is -0.390 e. The van der Waals surface area contributed by atoms with Crippen molar-refractivity contribution >= 4 is 10.1 Å². The smallest absolute Gasteiger partial charge is 0.297 e. The standard InChI is InChI=1S/C27H38O5S/c1-17-5-8-20(9-6-17)33(29,30)32-25-24(28)16-23-21-10-7-18-15-19(31-4)11-13-26(18,2)22(21)12-14-27(23,25)3/h5-9,19,21-25,28H,10-16H2,1-4H3/t19?,21-,22+,23+,24?,25?,26+,27+/m1/s1. The average molecular weight is 475 g/mol. The Morgan fingerprint density at radius 3 is 2.48 bits per heavy atom. The minimum absolute atomic E-state index is 0.161. The normalized spacial score (nSPS) is 42.8. The van der Waals surface area contributed by atoms with Gasteiger partial charge in [-0.15, -0.1) is 0 Å². The number of aliphatic hydroxyl groups excluding tert-OH is 1. The Morgan fingerprint density at radius 2 is 1.79 bits per heavy atom. The number of aliphatic hydroxyl groups is 1. The molecule has 182 valence electrons. The van der Waals surface area contributed by atoms with Gasteiger partial charge >= 0.3 is 0 Å². The second-order valence-electron chi connectivity index (χ2n) is 11.5. The summed E-state index contributed by atoms with van der Waals surface area (Å²) in [7, 11) is -2.12. The van der Waals surface area contributed by atoms with E-state index in [1.54, 1.807) is 29.8 Å². The summed E-state index contributed by atoms with van der Waals surface area (Å²) in [5.74, 6) is 1.30. The van der Waals surface area contributed by atoms with Gasteiger partial charge in [-0.25, -0.2) is 0 Å². The van der Waals surface area contributed by atoms with E-state index in [0.29, 0.717) is 24.4 Å². The fourth-order valence-corrected chi connectivity index (χ4v) is 9.07. The number of aryl methyl sites for hydroxylation is 1. The van der Waals surface area contributed by atoms with Gasteiger partial charge in [0.1, 0.15) is 6.10 Å². The molecular formula is C27H38O5S. The summed E-state index contributed by atoms with van der Waals surface area (Å²) in [6, 6.07) is 6.74. The number of hydrogen-bond acceptors (Lipinski definition) is 5. The van der Waals surface area contributed by atoms with E-state index in [9.17, 15) is 13.5 Å². The summed E-state index contributed by atoms with van der Waals surface area (Å²) in [6.07, 6.45) is 8.16. The lowest BCUT2D eigenvalue weighted by molar-refractivity contribution is -0.0730. The van der Waals surface area contributed by atoms with E-state index >= 15 is 0 Å². The molecule has 0 spiro atoms. The van der Waals surface area contributed by atoms with Gasteiger partial charge in [-0.2, -0.15) is 8.42 Å². The summed E-state index contributed by atoms with van der Waals surface area (Å²) in [6.45, 7) is 6.52. The third kappa shape index (κ3) is 3.72. The minimum atomic E-state index is -3.94. The monoisotopic (exact) mass is 474 g/mol. The lowest BCUT2D eigenvalue weighted by atomic mass is 9.48. The molecule has 0 heterocycles. The Morgan fingerprint density at radius 1 is 1.06 bits per heavy atom. The van der Waals surface area contributed by atoms with Crippen molar-refractivity contribution in [3.05, 3.63) is 41.5 Å². The van der Waals surface area contributed by atoms with Crippen molar-refractivity contribution in [1.29, 1.82) is 0 Å². The number of hydrogen-bond donors (Lipinski definition) is 1. The van der Waals surface area contributed by atoms with Crippen molar-refractivity contribution in [1.82, 2.24) is 0 Å². The number of allylic oxidation sites excluding steroid dienone is 1. The summed E-state index contributed by atoms with van der Waals surface area (Å²) < 4.78 is 37.7. The Hall–Kier alpha value is -1.21. The van der Waals surface area contributed by atoms with Crippen LogP contribution in [0, 0.1) is 35.5 Å². The molecule has 0 aliphatic heterocycles. The first kappa shape index (κ1) is 23.5. The molecule has 0 radical (unpaired) electrons. The highest BCUT2D eigenvalue weighted by atomic mass is 32.2. The second kappa shape index (κ2) is 8.18. The van der Waals surface area contributed by atoms with Crippen LogP contribution in [0.5, 0.6) is 0 Å². The molecule has 0 bridgehead atoms. The molecule has 3 fully saturated rings. The number of rotatable bonds is 4. The largest absolute Gasteiger partial charge is 0.390 e. The number of fused-ring (bicyclic) bond motifs is 5. The SMILES string of the molecule is COC1CC[C@@]2(C)C(=CC[C@@H]3[C@@H]2CC[C@]2(C)C(OS(=O)(=O)c4ccc(C)cc4)C(O)C[C@@H]32)C1. The van der Waals surface area contributed by atoms with Gasteiger partial charge in [-0.3, -0.25) is 4.18 Å². The molecule has 0 amide bonds. The molecule has 8 atom stereocenters. The van der Waals surface area contributed by atoms with Gasteiger partial charge in [0.05, 0.1) is 17.1 Å². The first-order chi connectivity index (χ1) is 15.6. The summed E-state index contributed by atoms with van der Waals surface area (Å²) in [4.78, 5) is 0.161. The highest BCUT2D eigenvalue weighted by Gasteiger charge is 2.62. The van der Waals surface area contributed by atoms with E-state index in [1.807, 2.05) is 14.0 Å². The Labute approximate surface area is 198 Å². The number of benzene rings is 1. The molecule has 0 saturated heterocycles. The molecule has 1 N–H and O–H groups in total. The van der Waals surface area contributed by atoms with Crippen LogP contribution in [0.1, 0.15) is 64.4 Å². The third-order valence-corrected chi connectivity index (χ3v) is 11.2. The van der Waals surface area contributed by atoms with Gasteiger partial charge in [0.2, 0.25) is 0 Å². The molecule has 4 aliphatic carbocycles. The lowest BCUT2D eigenvalue weighted by Crippen LogP contribution is -2.52. The van der Waals surface area contributed by atoms with Crippen LogP contribution < -0.4 is 0 Å². The maximum absolute atomic E-state index is 13.1.